The number of anilines is 2. The molecule has 0 amide bonds. The number of aliphatic hydroxyl groups excluding tert-OH is 1. The topological polar surface area (TPSA) is 101 Å². The van der Waals surface area contributed by atoms with Crippen LogP contribution in [0.5, 0.6) is 0 Å². The second kappa shape index (κ2) is 6.49. The predicted octanol–water partition coefficient (Wildman–Crippen LogP) is 1.06. The van der Waals surface area contributed by atoms with Crippen LogP contribution in [0, 0.1) is 0 Å². The Bertz CT molecular complexity index is 572. The number of nitrogens with one attached hydrogen (secondary N) is 2. The maximum atomic E-state index is 9.20. The van der Waals surface area contributed by atoms with E-state index >= 15 is 0 Å². The summed E-state index contributed by atoms with van der Waals surface area (Å²) in [7, 11) is 1.75. The number of imidazole rings is 1. The van der Waals surface area contributed by atoms with Gasteiger partial charge < -0.3 is 15.7 Å². The molecule has 8 heteroatoms. The second-order valence-corrected chi connectivity index (χ2v) is 5.02. The molecule has 0 saturated carbocycles. The Morgan fingerprint density at radius 3 is 2.62 bits per heavy atom. The van der Waals surface area contributed by atoms with E-state index in [0.717, 1.165) is 6.42 Å². The first-order valence-electron chi connectivity index (χ1n) is 6.91. The van der Waals surface area contributed by atoms with Crippen molar-refractivity contribution < 1.29 is 5.11 Å². The summed E-state index contributed by atoms with van der Waals surface area (Å²) < 4.78 is 1.71. The van der Waals surface area contributed by atoms with Gasteiger partial charge in [-0.1, -0.05) is 6.92 Å². The fraction of sp³-hybridized carbons (Fsp3) is 0.538. The van der Waals surface area contributed by atoms with Gasteiger partial charge in [-0.3, -0.25) is 4.57 Å². The lowest BCUT2D eigenvalue weighted by molar-refractivity contribution is 0.251. The van der Waals surface area contributed by atoms with Gasteiger partial charge in [0.2, 0.25) is 17.8 Å². The van der Waals surface area contributed by atoms with Crippen LogP contribution >= 0.6 is 0 Å². The van der Waals surface area contributed by atoms with Gasteiger partial charge in [0.1, 0.15) is 6.33 Å². The molecule has 0 aliphatic rings. The average molecular weight is 291 g/mol. The second-order valence-electron chi connectivity index (χ2n) is 5.02. The van der Waals surface area contributed by atoms with E-state index in [2.05, 4.69) is 37.5 Å². The van der Waals surface area contributed by atoms with Crippen LogP contribution in [0.3, 0.4) is 0 Å². The first kappa shape index (κ1) is 15.2. The molecule has 0 saturated heterocycles. The molecule has 0 fully saturated rings. The molecule has 2 aromatic heterocycles. The first-order valence-corrected chi connectivity index (χ1v) is 6.91. The Balaban J connectivity index is 2.33. The van der Waals surface area contributed by atoms with Crippen molar-refractivity contribution in [2.75, 3.05) is 24.3 Å². The Morgan fingerprint density at radius 1 is 1.29 bits per heavy atom. The van der Waals surface area contributed by atoms with Crippen LogP contribution in [0.1, 0.15) is 26.7 Å². The quantitative estimate of drug-likeness (QED) is 0.701. The van der Waals surface area contributed by atoms with E-state index in [0.29, 0.717) is 24.3 Å². The molecule has 1 unspecified atom stereocenters. The fourth-order valence-corrected chi connectivity index (χ4v) is 1.87. The third-order valence-electron chi connectivity index (χ3n) is 3.44. The van der Waals surface area contributed by atoms with E-state index < -0.39 is 0 Å². The molecule has 2 aromatic rings. The zero-order chi connectivity index (χ0) is 15.3. The van der Waals surface area contributed by atoms with Crippen LogP contribution in [0.25, 0.3) is 5.95 Å². The van der Waals surface area contributed by atoms with Crippen LogP contribution in [-0.4, -0.2) is 48.8 Å². The number of aliphatic hydroxyl groups is 1. The van der Waals surface area contributed by atoms with Crippen molar-refractivity contribution >= 4 is 11.9 Å². The molecule has 0 spiro atoms. The van der Waals surface area contributed by atoms with Crippen molar-refractivity contribution in [2.24, 2.45) is 0 Å². The third-order valence-corrected chi connectivity index (χ3v) is 3.44. The molecule has 0 aliphatic carbocycles. The van der Waals surface area contributed by atoms with Gasteiger partial charge in [0.25, 0.3) is 0 Å². The van der Waals surface area contributed by atoms with Gasteiger partial charge in [-0.15, -0.1) is 0 Å². The van der Waals surface area contributed by atoms with E-state index in [4.69, 9.17) is 0 Å². The van der Waals surface area contributed by atoms with Crippen molar-refractivity contribution in [2.45, 2.75) is 32.2 Å². The Kier molecular flexibility index (Phi) is 4.69. The molecule has 0 radical (unpaired) electrons. The summed E-state index contributed by atoms with van der Waals surface area (Å²) in [5.74, 6) is 1.42. The molecular weight excluding hydrogens is 270 g/mol. The summed E-state index contributed by atoms with van der Waals surface area (Å²) in [5, 5.41) is 15.4. The molecule has 2 rings (SSSR count). The molecule has 1 atom stereocenters. The van der Waals surface area contributed by atoms with Crippen LogP contribution < -0.4 is 10.6 Å². The molecule has 0 aliphatic heterocycles. The normalized spacial score (nSPS) is 13.7. The highest BCUT2D eigenvalue weighted by atomic mass is 16.3. The zero-order valence-corrected chi connectivity index (χ0v) is 12.5. The van der Waals surface area contributed by atoms with Gasteiger partial charge in [-0.25, -0.2) is 4.98 Å². The first-order chi connectivity index (χ1) is 10.1. The van der Waals surface area contributed by atoms with E-state index in [1.807, 2.05) is 6.92 Å². The van der Waals surface area contributed by atoms with Gasteiger partial charge in [0.15, 0.2) is 0 Å². The van der Waals surface area contributed by atoms with Gasteiger partial charge >= 0.3 is 0 Å². The molecule has 0 bridgehead atoms. The highest BCUT2D eigenvalue weighted by molar-refractivity contribution is 5.39. The number of aromatic nitrogens is 5. The van der Waals surface area contributed by atoms with Crippen LogP contribution in [0.2, 0.25) is 0 Å². The summed E-state index contributed by atoms with van der Waals surface area (Å²) in [5.41, 5.74) is -0.271. The number of rotatable bonds is 7. The summed E-state index contributed by atoms with van der Waals surface area (Å²) in [6.45, 7) is 4.19. The van der Waals surface area contributed by atoms with Crippen molar-refractivity contribution in [3.8, 4) is 5.95 Å². The predicted molar refractivity (Wildman–Crippen MR) is 80.5 cm³/mol. The smallest absolute Gasteiger partial charge is 0.241 e. The van der Waals surface area contributed by atoms with E-state index in [1.54, 1.807) is 30.3 Å². The highest BCUT2D eigenvalue weighted by Crippen LogP contribution is 2.20. The molecular formula is C13H21N7O. The monoisotopic (exact) mass is 291 g/mol. The summed E-state index contributed by atoms with van der Waals surface area (Å²) in [6.07, 6.45) is 6.52. The van der Waals surface area contributed by atoms with Crippen LogP contribution in [0.4, 0.5) is 11.9 Å². The molecule has 3 N–H and O–H groups in total. The number of hydrogen-bond acceptors (Lipinski definition) is 7. The Hall–Kier alpha value is -2.22. The van der Waals surface area contributed by atoms with Gasteiger partial charge in [0, 0.05) is 31.6 Å². The number of hydrogen-bond donors (Lipinski definition) is 3. The molecule has 8 nitrogen and oxygen atoms in total. The van der Waals surface area contributed by atoms with E-state index in [9.17, 15) is 5.11 Å². The summed E-state index contributed by atoms with van der Waals surface area (Å²) in [6, 6.07) is 0. The fourth-order valence-electron chi connectivity index (χ4n) is 1.87. The lowest BCUT2D eigenvalue weighted by Crippen LogP contribution is -2.36. The molecule has 114 valence electrons. The maximum absolute atomic E-state index is 9.20. The molecule has 21 heavy (non-hydrogen) atoms. The van der Waals surface area contributed by atoms with E-state index in [1.165, 1.54) is 0 Å². The van der Waals surface area contributed by atoms with Gasteiger partial charge in [-0.2, -0.15) is 15.0 Å². The third kappa shape index (κ3) is 3.66. The lowest BCUT2D eigenvalue weighted by Gasteiger charge is -2.29. The largest absolute Gasteiger partial charge is 0.396 e. The highest BCUT2D eigenvalue weighted by Gasteiger charge is 2.23. The Labute approximate surface area is 123 Å². The van der Waals surface area contributed by atoms with Crippen LogP contribution in [0.15, 0.2) is 18.7 Å². The minimum absolute atomic E-state index is 0.107. The van der Waals surface area contributed by atoms with Crippen molar-refractivity contribution in [1.82, 2.24) is 24.5 Å². The standard InChI is InChI=1S/C13H21N7O/c1-4-13(2,5-8-21)19-11-16-10(14-3)17-12(18-11)20-7-6-15-9-20/h6-7,9,21H,4-5,8H2,1-3H3,(H2,14,16,17,18,19). The molecule has 0 aromatic carbocycles. The van der Waals surface area contributed by atoms with Crippen molar-refractivity contribution in [3.05, 3.63) is 18.7 Å². The lowest BCUT2D eigenvalue weighted by atomic mass is 9.95. The zero-order valence-electron chi connectivity index (χ0n) is 12.5. The summed E-state index contributed by atoms with van der Waals surface area (Å²) in [4.78, 5) is 17.0. The minimum atomic E-state index is -0.271. The molecule has 2 heterocycles. The SMILES string of the molecule is CCC(C)(CCO)Nc1nc(NC)nc(-n2ccnc2)n1. The van der Waals surface area contributed by atoms with Gasteiger partial charge in [0.05, 0.1) is 0 Å². The van der Waals surface area contributed by atoms with Gasteiger partial charge in [-0.05, 0) is 19.8 Å². The van der Waals surface area contributed by atoms with E-state index in [-0.39, 0.29) is 12.1 Å². The van der Waals surface area contributed by atoms with Crippen molar-refractivity contribution in [1.29, 1.82) is 0 Å². The Morgan fingerprint density at radius 2 is 2.05 bits per heavy atom. The number of nitrogens with zero attached hydrogens (tertiary/aromatic N) is 5. The van der Waals surface area contributed by atoms with Crippen molar-refractivity contribution in [3.63, 3.8) is 0 Å². The maximum Gasteiger partial charge on any atom is 0.241 e. The van der Waals surface area contributed by atoms with Crippen LogP contribution in [-0.2, 0) is 0 Å². The summed E-state index contributed by atoms with van der Waals surface area (Å²) >= 11 is 0. The minimum Gasteiger partial charge on any atom is -0.396 e. The average Bonchev–Trinajstić information content (AvgIpc) is 3.01.